The van der Waals surface area contributed by atoms with Crippen molar-refractivity contribution in [3.63, 3.8) is 0 Å². The second kappa shape index (κ2) is 9.60. The van der Waals surface area contributed by atoms with Crippen molar-refractivity contribution in [3.05, 3.63) is 60.2 Å². The number of hydrogen-bond acceptors (Lipinski definition) is 3. The first-order chi connectivity index (χ1) is 11.7. The minimum absolute atomic E-state index is 0.0263. The van der Waals surface area contributed by atoms with Crippen LogP contribution in [-0.2, 0) is 4.79 Å². The molecule has 1 N–H and O–H groups in total. The van der Waals surface area contributed by atoms with Crippen LogP contribution < -0.4 is 14.8 Å². The fourth-order valence-electron chi connectivity index (χ4n) is 2.46. The summed E-state index contributed by atoms with van der Waals surface area (Å²) >= 11 is 0. The van der Waals surface area contributed by atoms with Crippen LogP contribution >= 0.6 is 0 Å². The van der Waals surface area contributed by atoms with Gasteiger partial charge in [-0.2, -0.15) is 0 Å². The minimum Gasteiger partial charge on any atom is -0.497 e. The van der Waals surface area contributed by atoms with E-state index in [2.05, 4.69) is 12.2 Å². The summed E-state index contributed by atoms with van der Waals surface area (Å²) in [5.41, 5.74) is 1.09. The molecule has 2 aromatic rings. The first-order valence-corrected chi connectivity index (χ1v) is 8.34. The molecule has 4 nitrogen and oxygen atoms in total. The standard InChI is InChI=1S/C20H25NO3/c1-3-19(16-11-13-17(23-2)14-12-16)21-20(22)10-7-15-24-18-8-5-4-6-9-18/h4-6,8-9,11-14,19H,3,7,10,15H2,1-2H3,(H,21,22). The van der Waals surface area contributed by atoms with Gasteiger partial charge in [-0.1, -0.05) is 37.3 Å². The lowest BCUT2D eigenvalue weighted by atomic mass is 10.0. The monoisotopic (exact) mass is 327 g/mol. The number of methoxy groups -OCH3 is 1. The molecule has 1 unspecified atom stereocenters. The third kappa shape index (κ3) is 5.61. The summed E-state index contributed by atoms with van der Waals surface area (Å²) in [5.74, 6) is 1.70. The maximum atomic E-state index is 12.1. The molecule has 128 valence electrons. The Hall–Kier alpha value is -2.49. The molecule has 0 saturated carbocycles. The summed E-state index contributed by atoms with van der Waals surface area (Å²) in [6, 6.07) is 17.5. The third-order valence-corrected chi connectivity index (χ3v) is 3.82. The quantitative estimate of drug-likeness (QED) is 0.705. The second-order valence-corrected chi connectivity index (χ2v) is 5.57. The van der Waals surface area contributed by atoms with E-state index in [-0.39, 0.29) is 11.9 Å². The fraction of sp³-hybridized carbons (Fsp3) is 0.350. The van der Waals surface area contributed by atoms with Gasteiger partial charge in [0.1, 0.15) is 11.5 Å². The lowest BCUT2D eigenvalue weighted by Gasteiger charge is -2.18. The van der Waals surface area contributed by atoms with E-state index in [9.17, 15) is 4.79 Å². The maximum Gasteiger partial charge on any atom is 0.220 e. The van der Waals surface area contributed by atoms with Crippen molar-refractivity contribution in [1.82, 2.24) is 5.32 Å². The average molecular weight is 327 g/mol. The summed E-state index contributed by atoms with van der Waals surface area (Å²) < 4.78 is 10.8. The van der Waals surface area contributed by atoms with Gasteiger partial charge in [-0.15, -0.1) is 0 Å². The van der Waals surface area contributed by atoms with Crippen LogP contribution in [0.1, 0.15) is 37.8 Å². The van der Waals surface area contributed by atoms with Crippen LogP contribution in [0.4, 0.5) is 0 Å². The van der Waals surface area contributed by atoms with Crippen molar-refractivity contribution in [3.8, 4) is 11.5 Å². The fourth-order valence-corrected chi connectivity index (χ4v) is 2.46. The largest absolute Gasteiger partial charge is 0.497 e. The Labute approximate surface area is 143 Å². The van der Waals surface area contributed by atoms with E-state index >= 15 is 0 Å². The van der Waals surface area contributed by atoms with E-state index in [4.69, 9.17) is 9.47 Å². The Bertz CT molecular complexity index is 611. The molecule has 0 fully saturated rings. The maximum absolute atomic E-state index is 12.1. The molecule has 0 spiro atoms. The van der Waals surface area contributed by atoms with E-state index in [1.165, 1.54) is 0 Å². The molecule has 0 heterocycles. The highest BCUT2D eigenvalue weighted by Gasteiger charge is 2.12. The molecular formula is C20H25NO3. The number of ether oxygens (including phenoxy) is 2. The topological polar surface area (TPSA) is 47.6 Å². The molecule has 0 aliphatic rings. The Balaban J connectivity index is 1.75. The molecule has 0 aliphatic heterocycles. The first-order valence-electron chi connectivity index (χ1n) is 8.34. The van der Waals surface area contributed by atoms with E-state index in [0.29, 0.717) is 19.4 Å². The van der Waals surface area contributed by atoms with Crippen LogP contribution in [0.2, 0.25) is 0 Å². The van der Waals surface area contributed by atoms with Gasteiger partial charge < -0.3 is 14.8 Å². The summed E-state index contributed by atoms with van der Waals surface area (Å²) in [6.07, 6.45) is 2.00. The van der Waals surface area contributed by atoms with Crippen molar-refractivity contribution >= 4 is 5.91 Å². The van der Waals surface area contributed by atoms with Gasteiger partial charge in [0.15, 0.2) is 0 Å². The lowest BCUT2D eigenvalue weighted by Crippen LogP contribution is -2.28. The van der Waals surface area contributed by atoms with Crippen molar-refractivity contribution in [1.29, 1.82) is 0 Å². The summed E-state index contributed by atoms with van der Waals surface area (Å²) in [7, 11) is 1.64. The lowest BCUT2D eigenvalue weighted by molar-refractivity contribution is -0.122. The van der Waals surface area contributed by atoms with Crippen LogP contribution in [0.3, 0.4) is 0 Å². The minimum atomic E-state index is 0.0263. The number of amides is 1. The molecular weight excluding hydrogens is 302 g/mol. The molecule has 0 aromatic heterocycles. The number of nitrogens with one attached hydrogen (secondary N) is 1. The van der Waals surface area contributed by atoms with Gasteiger partial charge in [0.25, 0.3) is 0 Å². The predicted octanol–water partition coefficient (Wildman–Crippen LogP) is 4.12. The van der Waals surface area contributed by atoms with Crippen molar-refractivity contribution in [2.75, 3.05) is 13.7 Å². The van der Waals surface area contributed by atoms with Crippen molar-refractivity contribution in [2.45, 2.75) is 32.2 Å². The Morgan fingerprint density at radius 2 is 1.75 bits per heavy atom. The van der Waals surface area contributed by atoms with Crippen molar-refractivity contribution < 1.29 is 14.3 Å². The highest BCUT2D eigenvalue weighted by molar-refractivity contribution is 5.76. The van der Waals surface area contributed by atoms with Gasteiger partial charge in [0.2, 0.25) is 5.91 Å². The SMILES string of the molecule is CCC(NC(=O)CCCOc1ccccc1)c1ccc(OC)cc1. The number of benzene rings is 2. The molecule has 0 radical (unpaired) electrons. The van der Waals surface area contributed by atoms with Crippen LogP contribution in [-0.4, -0.2) is 19.6 Å². The number of carbonyl (C=O) groups is 1. The molecule has 24 heavy (non-hydrogen) atoms. The smallest absolute Gasteiger partial charge is 0.220 e. The highest BCUT2D eigenvalue weighted by atomic mass is 16.5. The van der Waals surface area contributed by atoms with Crippen LogP contribution in [0.15, 0.2) is 54.6 Å². The number of rotatable bonds is 9. The molecule has 4 heteroatoms. The Morgan fingerprint density at radius 1 is 1.04 bits per heavy atom. The molecule has 0 bridgehead atoms. The van der Waals surface area contributed by atoms with Gasteiger partial charge in [0, 0.05) is 6.42 Å². The van der Waals surface area contributed by atoms with E-state index in [1.54, 1.807) is 7.11 Å². The van der Waals surface area contributed by atoms with Gasteiger partial charge in [-0.05, 0) is 42.7 Å². The molecule has 0 aliphatic carbocycles. The number of hydrogen-bond donors (Lipinski definition) is 1. The molecule has 1 atom stereocenters. The third-order valence-electron chi connectivity index (χ3n) is 3.82. The summed E-state index contributed by atoms with van der Waals surface area (Å²) in [4.78, 5) is 12.1. The normalized spacial score (nSPS) is 11.6. The molecule has 2 rings (SSSR count). The average Bonchev–Trinajstić information content (AvgIpc) is 2.64. The zero-order valence-corrected chi connectivity index (χ0v) is 14.3. The second-order valence-electron chi connectivity index (χ2n) is 5.57. The molecule has 0 saturated heterocycles. The number of carbonyl (C=O) groups excluding carboxylic acids is 1. The van der Waals surface area contributed by atoms with Crippen LogP contribution in [0.5, 0.6) is 11.5 Å². The van der Waals surface area contributed by atoms with Crippen LogP contribution in [0, 0.1) is 0 Å². The first kappa shape index (κ1) is 17.9. The van der Waals surface area contributed by atoms with Gasteiger partial charge in [-0.25, -0.2) is 0 Å². The van der Waals surface area contributed by atoms with E-state index in [1.807, 2.05) is 54.6 Å². The highest BCUT2D eigenvalue weighted by Crippen LogP contribution is 2.20. The number of para-hydroxylation sites is 1. The van der Waals surface area contributed by atoms with Gasteiger partial charge in [-0.3, -0.25) is 4.79 Å². The van der Waals surface area contributed by atoms with Gasteiger partial charge in [0.05, 0.1) is 19.8 Å². The zero-order valence-electron chi connectivity index (χ0n) is 14.3. The van der Waals surface area contributed by atoms with Crippen LogP contribution in [0.25, 0.3) is 0 Å². The molecule has 1 amide bonds. The van der Waals surface area contributed by atoms with E-state index < -0.39 is 0 Å². The Morgan fingerprint density at radius 3 is 2.38 bits per heavy atom. The van der Waals surface area contributed by atoms with Crippen molar-refractivity contribution in [2.24, 2.45) is 0 Å². The zero-order chi connectivity index (χ0) is 17.2. The summed E-state index contributed by atoms with van der Waals surface area (Å²) in [6.45, 7) is 2.60. The van der Waals surface area contributed by atoms with E-state index in [0.717, 1.165) is 23.5 Å². The Kier molecular flexibility index (Phi) is 7.15. The molecule has 2 aromatic carbocycles. The van der Waals surface area contributed by atoms with Gasteiger partial charge >= 0.3 is 0 Å². The summed E-state index contributed by atoms with van der Waals surface area (Å²) in [5, 5.41) is 3.08. The predicted molar refractivity (Wildman–Crippen MR) is 95.3 cm³/mol.